The first-order valence-electron chi connectivity index (χ1n) is 7.53. The summed E-state index contributed by atoms with van der Waals surface area (Å²) in [6.45, 7) is 0.563. The lowest BCUT2D eigenvalue weighted by Crippen LogP contribution is -2.25. The molecule has 1 amide bonds. The van der Waals surface area contributed by atoms with Gasteiger partial charge in [-0.15, -0.1) is 11.3 Å². The zero-order valence-corrected chi connectivity index (χ0v) is 14.0. The van der Waals surface area contributed by atoms with Gasteiger partial charge in [0.1, 0.15) is 16.5 Å². The molecule has 1 N–H and O–H groups in total. The number of rotatable bonds is 6. The molecule has 0 aliphatic heterocycles. The van der Waals surface area contributed by atoms with Crippen LogP contribution in [0.1, 0.15) is 16.1 Å². The second-order valence-corrected chi connectivity index (χ2v) is 5.99. The summed E-state index contributed by atoms with van der Waals surface area (Å²) < 4.78 is 5.13. The van der Waals surface area contributed by atoms with E-state index in [9.17, 15) is 4.79 Å². The second kappa shape index (κ2) is 7.70. The van der Waals surface area contributed by atoms with Gasteiger partial charge in [-0.2, -0.15) is 0 Å². The number of nitrogens with zero attached hydrogens (tertiary/aromatic N) is 2. The van der Waals surface area contributed by atoms with Crippen molar-refractivity contribution in [1.82, 2.24) is 15.3 Å². The standard InChI is InChI=1S/C18H17N3O2S/c1-23-15-4-2-13(3-5-15)6-11-20-17(22)16-12-24-18(21-16)14-7-9-19-10-8-14/h2-5,7-10,12H,6,11H2,1H3,(H,20,22). The van der Waals surface area contributed by atoms with Gasteiger partial charge in [0.25, 0.3) is 5.91 Å². The third-order valence-corrected chi connectivity index (χ3v) is 4.41. The lowest BCUT2D eigenvalue weighted by Gasteiger charge is -2.05. The molecule has 3 aromatic rings. The van der Waals surface area contributed by atoms with Crippen LogP contribution in [0.15, 0.2) is 54.2 Å². The Morgan fingerprint density at radius 3 is 2.62 bits per heavy atom. The number of hydrogen-bond donors (Lipinski definition) is 1. The normalized spacial score (nSPS) is 10.4. The maximum atomic E-state index is 12.2. The topological polar surface area (TPSA) is 64.1 Å². The average molecular weight is 339 g/mol. The molecule has 0 atom stereocenters. The Morgan fingerprint density at radius 1 is 1.17 bits per heavy atom. The number of ether oxygens (including phenoxy) is 1. The zero-order valence-electron chi connectivity index (χ0n) is 13.2. The molecule has 2 heterocycles. The highest BCUT2D eigenvalue weighted by molar-refractivity contribution is 7.13. The van der Waals surface area contributed by atoms with Crippen LogP contribution in [0, 0.1) is 0 Å². The van der Waals surface area contributed by atoms with Gasteiger partial charge in [0.05, 0.1) is 7.11 Å². The molecule has 3 rings (SSSR count). The van der Waals surface area contributed by atoms with Crippen LogP contribution in [-0.2, 0) is 6.42 Å². The predicted octanol–water partition coefficient (Wildman–Crippen LogP) is 3.19. The van der Waals surface area contributed by atoms with Gasteiger partial charge in [-0.1, -0.05) is 12.1 Å². The number of pyridine rings is 1. The molecule has 0 radical (unpaired) electrons. The van der Waals surface area contributed by atoms with Gasteiger partial charge in [-0.3, -0.25) is 9.78 Å². The van der Waals surface area contributed by atoms with Crippen molar-refractivity contribution in [2.75, 3.05) is 13.7 Å². The van der Waals surface area contributed by atoms with Crippen molar-refractivity contribution in [3.05, 3.63) is 65.4 Å². The molecule has 0 saturated carbocycles. The van der Waals surface area contributed by atoms with Crippen molar-refractivity contribution in [3.8, 4) is 16.3 Å². The van der Waals surface area contributed by atoms with E-state index in [1.54, 1.807) is 24.9 Å². The number of amides is 1. The highest BCUT2D eigenvalue weighted by Crippen LogP contribution is 2.22. The lowest BCUT2D eigenvalue weighted by atomic mass is 10.1. The maximum Gasteiger partial charge on any atom is 0.270 e. The van der Waals surface area contributed by atoms with E-state index in [0.29, 0.717) is 12.2 Å². The molecule has 0 spiro atoms. The van der Waals surface area contributed by atoms with E-state index >= 15 is 0 Å². The summed E-state index contributed by atoms with van der Waals surface area (Å²) >= 11 is 1.45. The summed E-state index contributed by atoms with van der Waals surface area (Å²) in [5.41, 5.74) is 2.56. The average Bonchev–Trinajstić information content (AvgIpc) is 3.13. The number of hydrogen-bond acceptors (Lipinski definition) is 5. The fourth-order valence-electron chi connectivity index (χ4n) is 2.21. The number of thiazole rings is 1. The predicted molar refractivity (Wildman–Crippen MR) is 94.4 cm³/mol. The van der Waals surface area contributed by atoms with Gasteiger partial charge in [0, 0.05) is 29.9 Å². The van der Waals surface area contributed by atoms with Crippen LogP contribution in [0.4, 0.5) is 0 Å². The van der Waals surface area contributed by atoms with E-state index < -0.39 is 0 Å². The summed E-state index contributed by atoms with van der Waals surface area (Å²) in [5.74, 6) is 0.675. The molecule has 5 nitrogen and oxygen atoms in total. The van der Waals surface area contributed by atoms with Crippen LogP contribution in [0.2, 0.25) is 0 Å². The second-order valence-electron chi connectivity index (χ2n) is 5.13. The van der Waals surface area contributed by atoms with E-state index in [0.717, 1.165) is 28.3 Å². The maximum absolute atomic E-state index is 12.2. The minimum atomic E-state index is -0.153. The lowest BCUT2D eigenvalue weighted by molar-refractivity contribution is 0.0950. The first-order chi connectivity index (χ1) is 11.8. The minimum Gasteiger partial charge on any atom is -0.497 e. The number of nitrogens with one attached hydrogen (secondary N) is 1. The van der Waals surface area contributed by atoms with Crippen molar-refractivity contribution in [2.45, 2.75) is 6.42 Å². The minimum absolute atomic E-state index is 0.153. The van der Waals surface area contributed by atoms with Crippen LogP contribution in [-0.4, -0.2) is 29.5 Å². The van der Waals surface area contributed by atoms with Gasteiger partial charge in [0.15, 0.2) is 0 Å². The number of methoxy groups -OCH3 is 1. The monoisotopic (exact) mass is 339 g/mol. The SMILES string of the molecule is COc1ccc(CCNC(=O)c2csc(-c3ccncc3)n2)cc1. The fraction of sp³-hybridized carbons (Fsp3) is 0.167. The molecule has 24 heavy (non-hydrogen) atoms. The summed E-state index contributed by atoms with van der Waals surface area (Å²) in [6.07, 6.45) is 4.19. The van der Waals surface area contributed by atoms with Crippen LogP contribution >= 0.6 is 11.3 Å². The Kier molecular flexibility index (Phi) is 5.18. The largest absolute Gasteiger partial charge is 0.497 e. The summed E-state index contributed by atoms with van der Waals surface area (Å²) in [7, 11) is 1.64. The van der Waals surface area contributed by atoms with E-state index in [2.05, 4.69) is 15.3 Å². The van der Waals surface area contributed by atoms with Crippen molar-refractivity contribution in [1.29, 1.82) is 0 Å². The van der Waals surface area contributed by atoms with Crippen LogP contribution < -0.4 is 10.1 Å². The van der Waals surface area contributed by atoms with Crippen molar-refractivity contribution in [3.63, 3.8) is 0 Å². The molecule has 0 bridgehead atoms. The molecule has 2 aromatic heterocycles. The summed E-state index contributed by atoms with van der Waals surface area (Å²) in [6, 6.07) is 11.6. The molecular weight excluding hydrogens is 322 g/mol. The van der Waals surface area contributed by atoms with Crippen molar-refractivity contribution in [2.24, 2.45) is 0 Å². The van der Waals surface area contributed by atoms with Gasteiger partial charge < -0.3 is 10.1 Å². The van der Waals surface area contributed by atoms with Gasteiger partial charge in [-0.05, 0) is 36.2 Å². The first-order valence-corrected chi connectivity index (χ1v) is 8.41. The van der Waals surface area contributed by atoms with Gasteiger partial charge >= 0.3 is 0 Å². The zero-order chi connectivity index (χ0) is 16.8. The van der Waals surface area contributed by atoms with E-state index in [4.69, 9.17) is 4.74 Å². The molecule has 1 aromatic carbocycles. The Hall–Kier alpha value is -2.73. The van der Waals surface area contributed by atoms with Crippen LogP contribution in [0.25, 0.3) is 10.6 Å². The highest BCUT2D eigenvalue weighted by Gasteiger charge is 2.11. The molecular formula is C18H17N3O2S. The fourth-order valence-corrected chi connectivity index (χ4v) is 3.01. The molecule has 0 fully saturated rings. The molecule has 0 saturated heterocycles. The van der Waals surface area contributed by atoms with Crippen molar-refractivity contribution < 1.29 is 9.53 Å². The third kappa shape index (κ3) is 3.97. The van der Waals surface area contributed by atoms with Crippen molar-refractivity contribution >= 4 is 17.2 Å². The summed E-state index contributed by atoms with van der Waals surface area (Å²) in [5, 5.41) is 5.50. The molecule has 6 heteroatoms. The van der Waals surface area contributed by atoms with E-state index in [1.165, 1.54) is 11.3 Å². The Morgan fingerprint density at radius 2 is 1.92 bits per heavy atom. The number of benzene rings is 1. The van der Waals surface area contributed by atoms with E-state index in [-0.39, 0.29) is 5.91 Å². The quantitative estimate of drug-likeness (QED) is 0.749. The van der Waals surface area contributed by atoms with Crippen LogP contribution in [0.3, 0.4) is 0 Å². The number of carbonyl (C=O) groups excluding carboxylic acids is 1. The third-order valence-electron chi connectivity index (χ3n) is 3.52. The molecule has 122 valence electrons. The van der Waals surface area contributed by atoms with Gasteiger partial charge in [-0.25, -0.2) is 4.98 Å². The highest BCUT2D eigenvalue weighted by atomic mass is 32.1. The smallest absolute Gasteiger partial charge is 0.270 e. The number of aromatic nitrogens is 2. The molecule has 0 unspecified atom stereocenters. The molecule has 0 aliphatic rings. The Bertz CT molecular complexity index is 801. The van der Waals surface area contributed by atoms with Crippen LogP contribution in [0.5, 0.6) is 5.75 Å². The van der Waals surface area contributed by atoms with E-state index in [1.807, 2.05) is 36.4 Å². The summed E-state index contributed by atoms with van der Waals surface area (Å²) in [4.78, 5) is 20.6. The first kappa shape index (κ1) is 16.1. The Balaban J connectivity index is 1.54. The molecule has 0 aliphatic carbocycles. The van der Waals surface area contributed by atoms with Gasteiger partial charge in [0.2, 0.25) is 0 Å². The Labute approximate surface area is 144 Å². The number of carbonyl (C=O) groups is 1.